The molecular weight excluding hydrogens is 877 g/mol. The van der Waals surface area contributed by atoms with Gasteiger partial charge in [-0.3, -0.25) is 14.4 Å². The van der Waals surface area contributed by atoms with Crippen LogP contribution in [0.25, 0.3) is 0 Å². The highest BCUT2D eigenvalue weighted by Gasteiger charge is 2.19. The Hall–Kier alpha value is -1.85. The number of unbranched alkanes of at least 4 members (excludes halogenated alkanes) is 47. The summed E-state index contributed by atoms with van der Waals surface area (Å²) in [6.07, 6.45) is 70.8. The molecule has 0 aliphatic rings. The Morgan fingerprint density at radius 3 is 0.704 bits per heavy atom. The molecule has 0 aromatic heterocycles. The Balaban J connectivity index is 4.23. The SMILES string of the molecule is CCCCCCCC/C=C\CCCCCCCCCCCC(=O)OC(COC(=O)CCCCCCCCCCCCCC)COC(=O)CCCCCCCCCCCCCCCCCCCCCCCC. The van der Waals surface area contributed by atoms with E-state index in [0.29, 0.717) is 19.3 Å². The maximum Gasteiger partial charge on any atom is 0.306 e. The topological polar surface area (TPSA) is 78.9 Å². The van der Waals surface area contributed by atoms with Gasteiger partial charge in [0, 0.05) is 19.3 Å². The molecule has 0 N–H and O–H groups in total. The largest absolute Gasteiger partial charge is 0.462 e. The van der Waals surface area contributed by atoms with Gasteiger partial charge in [-0.15, -0.1) is 0 Å². The van der Waals surface area contributed by atoms with E-state index in [1.165, 1.54) is 270 Å². The molecule has 420 valence electrons. The van der Waals surface area contributed by atoms with Crippen molar-refractivity contribution in [3.05, 3.63) is 12.2 Å². The lowest BCUT2D eigenvalue weighted by molar-refractivity contribution is -0.167. The van der Waals surface area contributed by atoms with Crippen molar-refractivity contribution in [1.29, 1.82) is 0 Å². The van der Waals surface area contributed by atoms with E-state index in [4.69, 9.17) is 14.2 Å². The molecule has 0 amide bonds. The predicted octanol–water partition coefficient (Wildman–Crippen LogP) is 21.7. The lowest BCUT2D eigenvalue weighted by Gasteiger charge is -2.18. The summed E-state index contributed by atoms with van der Waals surface area (Å²) in [5.74, 6) is -0.837. The molecule has 0 fully saturated rings. The Bertz CT molecular complexity index is 1100. The maximum atomic E-state index is 12.9. The Kier molecular flexibility index (Phi) is 59.1. The average molecular weight is 1000 g/mol. The number of rotatable bonds is 60. The highest BCUT2D eigenvalue weighted by Crippen LogP contribution is 2.18. The highest BCUT2D eigenvalue weighted by atomic mass is 16.6. The van der Waals surface area contributed by atoms with E-state index < -0.39 is 6.10 Å². The number of allylic oxidation sites excluding steroid dienone is 2. The van der Waals surface area contributed by atoms with E-state index in [9.17, 15) is 14.4 Å². The standard InChI is InChI=1S/C65H124O6/c1-4-7-10-13-16-19-22-25-27-29-31-32-33-35-36-38-40-43-46-49-52-55-58-64(67)70-61-62(60-69-63(66)57-54-51-48-45-42-24-21-18-15-12-9-6-3)71-65(68)59-56-53-50-47-44-41-39-37-34-30-28-26-23-20-17-14-11-8-5-2/h26,28,62H,4-25,27,29-61H2,1-3H3/b28-26-. The van der Waals surface area contributed by atoms with Crippen LogP contribution in [0, 0.1) is 0 Å². The van der Waals surface area contributed by atoms with Gasteiger partial charge in [-0.2, -0.15) is 0 Å². The zero-order valence-electron chi connectivity index (χ0n) is 48.3. The molecule has 0 rings (SSSR count). The summed E-state index contributed by atoms with van der Waals surface area (Å²) in [5.41, 5.74) is 0. The van der Waals surface area contributed by atoms with Crippen molar-refractivity contribution in [2.24, 2.45) is 0 Å². The van der Waals surface area contributed by atoms with Crippen LogP contribution in [0.3, 0.4) is 0 Å². The predicted molar refractivity (Wildman–Crippen MR) is 307 cm³/mol. The van der Waals surface area contributed by atoms with Crippen LogP contribution in [0.1, 0.15) is 367 Å². The van der Waals surface area contributed by atoms with Crippen LogP contribution in [-0.4, -0.2) is 37.2 Å². The van der Waals surface area contributed by atoms with Gasteiger partial charge < -0.3 is 14.2 Å². The number of hydrogen-bond acceptors (Lipinski definition) is 6. The zero-order valence-corrected chi connectivity index (χ0v) is 48.3. The summed E-state index contributed by atoms with van der Waals surface area (Å²) in [4.78, 5) is 38.3. The van der Waals surface area contributed by atoms with Gasteiger partial charge >= 0.3 is 17.9 Å². The highest BCUT2D eigenvalue weighted by molar-refractivity contribution is 5.71. The van der Waals surface area contributed by atoms with Crippen LogP contribution in [0.5, 0.6) is 0 Å². The van der Waals surface area contributed by atoms with Crippen LogP contribution in [0.4, 0.5) is 0 Å². The molecule has 6 heteroatoms. The van der Waals surface area contributed by atoms with E-state index >= 15 is 0 Å². The van der Waals surface area contributed by atoms with Gasteiger partial charge in [0.15, 0.2) is 6.10 Å². The molecule has 0 aromatic rings. The minimum Gasteiger partial charge on any atom is -0.462 e. The van der Waals surface area contributed by atoms with E-state index in [2.05, 4.69) is 32.9 Å². The van der Waals surface area contributed by atoms with Crippen molar-refractivity contribution in [3.63, 3.8) is 0 Å². The first-order valence-corrected chi connectivity index (χ1v) is 32.2. The third kappa shape index (κ3) is 58.9. The van der Waals surface area contributed by atoms with Crippen molar-refractivity contribution in [2.45, 2.75) is 374 Å². The van der Waals surface area contributed by atoms with Crippen LogP contribution in [-0.2, 0) is 28.6 Å². The molecule has 0 aliphatic carbocycles. The smallest absolute Gasteiger partial charge is 0.306 e. The van der Waals surface area contributed by atoms with Crippen molar-refractivity contribution in [1.82, 2.24) is 0 Å². The molecule has 0 saturated carbocycles. The first-order valence-electron chi connectivity index (χ1n) is 32.2. The summed E-state index contributed by atoms with van der Waals surface area (Å²) in [6, 6.07) is 0. The monoisotopic (exact) mass is 1000 g/mol. The van der Waals surface area contributed by atoms with Gasteiger partial charge in [0.2, 0.25) is 0 Å². The van der Waals surface area contributed by atoms with Crippen molar-refractivity contribution < 1.29 is 28.6 Å². The van der Waals surface area contributed by atoms with Crippen LogP contribution >= 0.6 is 0 Å². The minimum absolute atomic E-state index is 0.0642. The summed E-state index contributed by atoms with van der Waals surface area (Å²) in [5, 5.41) is 0. The van der Waals surface area contributed by atoms with Gasteiger partial charge in [0.05, 0.1) is 0 Å². The van der Waals surface area contributed by atoms with E-state index in [1.54, 1.807) is 0 Å². The summed E-state index contributed by atoms with van der Waals surface area (Å²) in [6.45, 7) is 6.71. The van der Waals surface area contributed by atoms with E-state index in [1.807, 2.05) is 0 Å². The lowest BCUT2D eigenvalue weighted by atomic mass is 10.0. The fraction of sp³-hybridized carbons (Fsp3) is 0.923. The first-order chi connectivity index (χ1) is 35.0. The first kappa shape index (κ1) is 69.2. The molecule has 0 spiro atoms. The van der Waals surface area contributed by atoms with Crippen LogP contribution in [0.2, 0.25) is 0 Å². The number of carbonyl (C=O) groups excluding carboxylic acids is 3. The summed E-state index contributed by atoms with van der Waals surface area (Å²) < 4.78 is 16.9. The summed E-state index contributed by atoms with van der Waals surface area (Å²) >= 11 is 0. The van der Waals surface area contributed by atoms with Crippen LogP contribution in [0.15, 0.2) is 12.2 Å². The lowest BCUT2D eigenvalue weighted by Crippen LogP contribution is -2.30. The molecule has 0 saturated heterocycles. The molecule has 0 bridgehead atoms. The Morgan fingerprint density at radius 1 is 0.268 bits per heavy atom. The summed E-state index contributed by atoms with van der Waals surface area (Å²) in [7, 11) is 0. The normalized spacial score (nSPS) is 12.0. The third-order valence-electron chi connectivity index (χ3n) is 14.8. The molecule has 0 heterocycles. The number of esters is 3. The average Bonchev–Trinajstić information content (AvgIpc) is 3.37. The number of carbonyl (C=O) groups is 3. The molecule has 6 nitrogen and oxygen atoms in total. The third-order valence-corrected chi connectivity index (χ3v) is 14.8. The Morgan fingerprint density at radius 2 is 0.465 bits per heavy atom. The second-order valence-corrected chi connectivity index (χ2v) is 22.0. The Labute approximate surface area is 443 Å². The van der Waals surface area contributed by atoms with Gasteiger partial charge in [-0.1, -0.05) is 315 Å². The van der Waals surface area contributed by atoms with Crippen molar-refractivity contribution >= 4 is 17.9 Å². The van der Waals surface area contributed by atoms with E-state index in [-0.39, 0.29) is 31.1 Å². The minimum atomic E-state index is -0.766. The van der Waals surface area contributed by atoms with Crippen molar-refractivity contribution in [3.8, 4) is 0 Å². The molecule has 0 aromatic carbocycles. The number of ether oxygens (including phenoxy) is 3. The molecule has 0 aliphatic heterocycles. The van der Waals surface area contributed by atoms with Gasteiger partial charge in [-0.25, -0.2) is 0 Å². The quantitative estimate of drug-likeness (QED) is 0.0261. The number of hydrogen-bond donors (Lipinski definition) is 0. The molecule has 1 unspecified atom stereocenters. The zero-order chi connectivity index (χ0) is 51.4. The van der Waals surface area contributed by atoms with Gasteiger partial charge in [0.1, 0.15) is 13.2 Å². The molecule has 71 heavy (non-hydrogen) atoms. The van der Waals surface area contributed by atoms with Crippen LogP contribution < -0.4 is 0 Å². The second kappa shape index (κ2) is 60.7. The maximum absolute atomic E-state index is 12.9. The van der Waals surface area contributed by atoms with Gasteiger partial charge in [0.25, 0.3) is 0 Å². The fourth-order valence-electron chi connectivity index (χ4n) is 9.91. The van der Waals surface area contributed by atoms with E-state index in [0.717, 1.165) is 57.8 Å². The molecular formula is C65H124O6. The molecule has 0 radical (unpaired) electrons. The van der Waals surface area contributed by atoms with Gasteiger partial charge in [-0.05, 0) is 44.9 Å². The fourth-order valence-corrected chi connectivity index (χ4v) is 9.91. The molecule has 1 atom stereocenters. The van der Waals surface area contributed by atoms with Crippen molar-refractivity contribution in [2.75, 3.05) is 13.2 Å². The second-order valence-electron chi connectivity index (χ2n) is 22.0.